The molecule has 1 aromatic rings. The molecule has 0 atom stereocenters. The number of nitrogens with zero attached hydrogens (tertiary/aromatic N) is 1. The number of anilines is 1. The van der Waals surface area contributed by atoms with Gasteiger partial charge in [0.1, 0.15) is 6.61 Å². The Morgan fingerprint density at radius 2 is 2.15 bits per heavy atom. The van der Waals surface area contributed by atoms with Crippen molar-refractivity contribution in [3.63, 3.8) is 0 Å². The molecule has 0 radical (unpaired) electrons. The average molecular weight is 276 g/mol. The van der Waals surface area contributed by atoms with Gasteiger partial charge in [0.15, 0.2) is 0 Å². The molecule has 5 nitrogen and oxygen atoms in total. The first-order valence-electron chi connectivity index (χ1n) is 6.65. The Morgan fingerprint density at radius 1 is 1.45 bits per heavy atom. The summed E-state index contributed by atoms with van der Waals surface area (Å²) < 4.78 is 5.06. The molecule has 5 heteroatoms. The number of carbonyl (C=O) groups is 2. The Morgan fingerprint density at radius 3 is 2.80 bits per heavy atom. The lowest BCUT2D eigenvalue weighted by molar-refractivity contribution is -0.144. The highest BCUT2D eigenvalue weighted by molar-refractivity contribution is 5.98. The van der Waals surface area contributed by atoms with Crippen LogP contribution in [-0.4, -0.2) is 35.5 Å². The summed E-state index contributed by atoms with van der Waals surface area (Å²) in [4.78, 5) is 25.3. The summed E-state index contributed by atoms with van der Waals surface area (Å²) >= 11 is 0. The van der Waals surface area contributed by atoms with Crippen molar-refractivity contribution in [1.82, 2.24) is 4.90 Å². The van der Waals surface area contributed by atoms with Gasteiger partial charge in [0, 0.05) is 24.7 Å². The zero-order chi connectivity index (χ0) is 14.9. The van der Waals surface area contributed by atoms with Crippen molar-refractivity contribution >= 4 is 17.6 Å². The van der Waals surface area contributed by atoms with Crippen LogP contribution in [0.5, 0.6) is 0 Å². The molecule has 1 amide bonds. The van der Waals surface area contributed by atoms with Crippen LogP contribution in [0.1, 0.15) is 36.7 Å². The largest absolute Gasteiger partial charge is 0.463 e. The zero-order valence-corrected chi connectivity index (χ0v) is 12.1. The maximum Gasteiger partial charge on any atom is 0.302 e. The minimum Gasteiger partial charge on any atom is -0.463 e. The van der Waals surface area contributed by atoms with Gasteiger partial charge in [0.05, 0.1) is 5.54 Å². The summed E-state index contributed by atoms with van der Waals surface area (Å²) in [6, 6.07) is 5.39. The van der Waals surface area contributed by atoms with E-state index in [1.54, 1.807) is 17.0 Å². The fourth-order valence-electron chi connectivity index (χ4n) is 2.49. The fraction of sp³-hybridized carbons (Fsp3) is 0.467. The molecule has 108 valence electrons. The second-order valence-corrected chi connectivity index (χ2v) is 5.67. The zero-order valence-electron chi connectivity index (χ0n) is 12.1. The van der Waals surface area contributed by atoms with Crippen LogP contribution < -0.4 is 5.73 Å². The standard InChI is InChI=1S/C15H20N2O3/c1-10(18)20-9-15(2,3)17-8-7-11-12(14(17)19)5-4-6-13(11)16/h4-6H,7-9,16H2,1-3H3. The van der Waals surface area contributed by atoms with Crippen LogP contribution in [0.2, 0.25) is 0 Å². The van der Waals surface area contributed by atoms with Crippen LogP contribution in [0.25, 0.3) is 0 Å². The molecule has 0 saturated carbocycles. The molecule has 1 aliphatic heterocycles. The molecule has 2 rings (SSSR count). The van der Waals surface area contributed by atoms with E-state index in [0.29, 0.717) is 17.8 Å². The molecule has 1 heterocycles. The molecule has 0 bridgehead atoms. The van der Waals surface area contributed by atoms with E-state index in [4.69, 9.17) is 10.5 Å². The Kier molecular flexibility index (Phi) is 3.70. The van der Waals surface area contributed by atoms with Gasteiger partial charge in [-0.3, -0.25) is 9.59 Å². The third kappa shape index (κ3) is 2.61. The number of nitrogen functional groups attached to an aromatic ring is 1. The van der Waals surface area contributed by atoms with Crippen LogP contribution in [0.15, 0.2) is 18.2 Å². The SMILES string of the molecule is CC(=O)OCC(C)(C)N1CCc2c(N)cccc2C1=O. The Bertz CT molecular complexity index is 552. The maximum atomic E-state index is 12.6. The Labute approximate surface area is 118 Å². The van der Waals surface area contributed by atoms with Crippen LogP contribution in [-0.2, 0) is 16.0 Å². The van der Waals surface area contributed by atoms with Gasteiger partial charge in [-0.05, 0) is 38.0 Å². The summed E-state index contributed by atoms with van der Waals surface area (Å²) in [5, 5.41) is 0. The fourth-order valence-corrected chi connectivity index (χ4v) is 2.49. The quantitative estimate of drug-likeness (QED) is 0.672. The number of benzene rings is 1. The van der Waals surface area contributed by atoms with Crippen molar-refractivity contribution in [2.75, 3.05) is 18.9 Å². The number of ether oxygens (including phenoxy) is 1. The summed E-state index contributed by atoms with van der Waals surface area (Å²) in [6.07, 6.45) is 0.719. The van der Waals surface area contributed by atoms with Gasteiger partial charge >= 0.3 is 5.97 Å². The number of rotatable bonds is 3. The Balaban J connectivity index is 2.24. The molecule has 0 unspecified atom stereocenters. The molecule has 1 aromatic carbocycles. The van der Waals surface area contributed by atoms with Gasteiger partial charge in [-0.2, -0.15) is 0 Å². The molecular weight excluding hydrogens is 256 g/mol. The number of hydrogen-bond acceptors (Lipinski definition) is 4. The highest BCUT2D eigenvalue weighted by Gasteiger charge is 2.36. The van der Waals surface area contributed by atoms with Gasteiger partial charge in [0.2, 0.25) is 0 Å². The molecule has 0 spiro atoms. The maximum absolute atomic E-state index is 12.6. The van der Waals surface area contributed by atoms with E-state index >= 15 is 0 Å². The molecule has 2 N–H and O–H groups in total. The highest BCUT2D eigenvalue weighted by atomic mass is 16.5. The number of esters is 1. The number of carbonyl (C=O) groups excluding carboxylic acids is 2. The number of amides is 1. The molecule has 0 aliphatic carbocycles. The van der Waals surface area contributed by atoms with Crippen molar-refractivity contribution in [2.24, 2.45) is 0 Å². The van der Waals surface area contributed by atoms with Crippen molar-refractivity contribution in [3.05, 3.63) is 29.3 Å². The molecule has 0 fully saturated rings. The molecule has 0 aromatic heterocycles. The number of fused-ring (bicyclic) bond motifs is 1. The van der Waals surface area contributed by atoms with Crippen LogP contribution in [0.3, 0.4) is 0 Å². The van der Waals surface area contributed by atoms with Crippen molar-refractivity contribution < 1.29 is 14.3 Å². The normalized spacial score (nSPS) is 14.9. The number of hydrogen-bond donors (Lipinski definition) is 1. The summed E-state index contributed by atoms with van der Waals surface area (Å²) in [6.45, 7) is 5.92. The third-order valence-corrected chi connectivity index (χ3v) is 3.63. The lowest BCUT2D eigenvalue weighted by Crippen LogP contribution is -2.53. The summed E-state index contributed by atoms with van der Waals surface area (Å²) in [5.74, 6) is -0.400. The van der Waals surface area contributed by atoms with E-state index in [-0.39, 0.29) is 18.5 Å². The van der Waals surface area contributed by atoms with E-state index in [0.717, 1.165) is 12.0 Å². The van der Waals surface area contributed by atoms with Gasteiger partial charge < -0.3 is 15.4 Å². The van der Waals surface area contributed by atoms with Gasteiger partial charge in [0.25, 0.3) is 5.91 Å². The minimum atomic E-state index is -0.537. The monoisotopic (exact) mass is 276 g/mol. The predicted molar refractivity (Wildman–Crippen MR) is 76.3 cm³/mol. The highest BCUT2D eigenvalue weighted by Crippen LogP contribution is 2.28. The summed E-state index contributed by atoms with van der Waals surface area (Å²) in [7, 11) is 0. The van der Waals surface area contributed by atoms with Crippen LogP contribution >= 0.6 is 0 Å². The first-order chi connectivity index (χ1) is 9.33. The Hall–Kier alpha value is -2.04. The number of nitrogens with two attached hydrogens (primary N) is 1. The van der Waals surface area contributed by atoms with E-state index in [9.17, 15) is 9.59 Å². The van der Waals surface area contributed by atoms with Gasteiger partial charge in [-0.1, -0.05) is 6.07 Å². The van der Waals surface area contributed by atoms with E-state index in [2.05, 4.69) is 0 Å². The van der Waals surface area contributed by atoms with Gasteiger partial charge in [-0.15, -0.1) is 0 Å². The lowest BCUT2D eigenvalue weighted by atomic mass is 9.93. The second kappa shape index (κ2) is 5.15. The molecule has 20 heavy (non-hydrogen) atoms. The smallest absolute Gasteiger partial charge is 0.302 e. The van der Waals surface area contributed by atoms with E-state index in [1.165, 1.54) is 6.92 Å². The van der Waals surface area contributed by atoms with Gasteiger partial charge in [-0.25, -0.2) is 0 Å². The van der Waals surface area contributed by atoms with Crippen LogP contribution in [0.4, 0.5) is 5.69 Å². The second-order valence-electron chi connectivity index (χ2n) is 5.67. The lowest BCUT2D eigenvalue weighted by Gasteiger charge is -2.41. The average Bonchev–Trinajstić information content (AvgIpc) is 2.38. The minimum absolute atomic E-state index is 0.0595. The molecule has 1 aliphatic rings. The van der Waals surface area contributed by atoms with E-state index in [1.807, 2.05) is 19.9 Å². The molecule has 0 saturated heterocycles. The topological polar surface area (TPSA) is 72.6 Å². The first kappa shape index (κ1) is 14.4. The van der Waals surface area contributed by atoms with Crippen LogP contribution in [0, 0.1) is 0 Å². The molecular formula is C15H20N2O3. The van der Waals surface area contributed by atoms with Crippen molar-refractivity contribution in [1.29, 1.82) is 0 Å². The summed E-state index contributed by atoms with van der Waals surface area (Å²) in [5.41, 5.74) is 7.60. The predicted octanol–water partition coefficient (Wildman–Crippen LogP) is 1.61. The first-order valence-corrected chi connectivity index (χ1v) is 6.65. The van der Waals surface area contributed by atoms with Crippen molar-refractivity contribution in [3.8, 4) is 0 Å². The van der Waals surface area contributed by atoms with E-state index < -0.39 is 5.54 Å². The van der Waals surface area contributed by atoms with Crippen molar-refractivity contribution in [2.45, 2.75) is 32.7 Å². The third-order valence-electron chi connectivity index (χ3n) is 3.63.